The van der Waals surface area contributed by atoms with Crippen molar-refractivity contribution in [2.75, 3.05) is 12.4 Å². The van der Waals surface area contributed by atoms with E-state index in [0.29, 0.717) is 18.2 Å². The number of nitrogens with zero attached hydrogens (tertiary/aromatic N) is 1. The van der Waals surface area contributed by atoms with Crippen LogP contribution in [-0.2, 0) is 0 Å². The number of rotatable bonds is 6. The first-order chi connectivity index (χ1) is 13.2. The van der Waals surface area contributed by atoms with Crippen LogP contribution in [0, 0.1) is 0 Å². The highest BCUT2D eigenvalue weighted by Gasteiger charge is 2.23. The van der Waals surface area contributed by atoms with Crippen molar-refractivity contribution in [1.29, 1.82) is 0 Å². The van der Waals surface area contributed by atoms with Crippen LogP contribution >= 0.6 is 22.7 Å². The summed E-state index contributed by atoms with van der Waals surface area (Å²) < 4.78 is 13.4. The fourth-order valence-corrected chi connectivity index (χ4v) is 7.29. The first-order valence-corrected chi connectivity index (χ1v) is 12.4. The second-order valence-electron chi connectivity index (χ2n) is 6.31. The molecule has 0 radical (unpaired) electrons. The maximum absolute atomic E-state index is 12.5. The molecule has 0 aliphatic carbocycles. The molecule has 7 heteroatoms. The third-order valence-electron chi connectivity index (χ3n) is 4.50. The summed E-state index contributed by atoms with van der Waals surface area (Å²) in [5.41, 5.74) is 10.1. The maximum atomic E-state index is 12.5. The first kappa shape index (κ1) is 18.3. The number of nitrogen functional groups attached to an aromatic ring is 1. The van der Waals surface area contributed by atoms with Gasteiger partial charge in [-0.05, 0) is 41.1 Å². The van der Waals surface area contributed by atoms with Crippen molar-refractivity contribution in [2.45, 2.75) is 12.5 Å². The minimum absolute atomic E-state index is 0.375. The molecule has 3 nitrogen and oxygen atoms in total. The van der Waals surface area contributed by atoms with Gasteiger partial charge in [0, 0.05) is 9.89 Å². The number of nitrogens with two attached hydrogens (primary N) is 1. The van der Waals surface area contributed by atoms with E-state index in [1.54, 1.807) is 11.3 Å². The number of hydrogen-bond donors (Lipinski definition) is 2. The lowest BCUT2D eigenvalue weighted by Crippen LogP contribution is -2.29. The zero-order chi connectivity index (χ0) is 18.8. The summed E-state index contributed by atoms with van der Waals surface area (Å²) in [6, 6.07) is 16.7. The van der Waals surface area contributed by atoms with E-state index in [2.05, 4.69) is 24.3 Å². The third kappa shape index (κ3) is 3.55. The van der Waals surface area contributed by atoms with Crippen LogP contribution in [0.1, 0.15) is 6.42 Å². The molecule has 3 heterocycles. The van der Waals surface area contributed by atoms with E-state index in [-0.39, 0.29) is 0 Å². The number of anilines is 1. The molecule has 0 aliphatic heterocycles. The number of halogens is 1. The Morgan fingerprint density at radius 1 is 1.15 bits per heavy atom. The summed E-state index contributed by atoms with van der Waals surface area (Å²) >= 11 is 3.11. The molecule has 1 atom stereocenters. The van der Waals surface area contributed by atoms with E-state index >= 15 is 0 Å². The summed E-state index contributed by atoms with van der Waals surface area (Å²) in [5.74, 6) is 0. The van der Waals surface area contributed by atoms with E-state index in [0.717, 1.165) is 36.4 Å². The van der Waals surface area contributed by atoms with E-state index in [9.17, 15) is 9.19 Å². The van der Waals surface area contributed by atoms with Crippen molar-refractivity contribution < 1.29 is 9.19 Å². The fraction of sp³-hybridized carbons (Fsp3) is 0.150. The molecule has 0 amide bonds. The Hall–Kier alpha value is -2.06. The molecule has 0 spiro atoms. The molecule has 4 rings (SSSR count). The molecule has 0 saturated carbocycles. The van der Waals surface area contributed by atoms with Crippen LogP contribution in [-0.4, -0.2) is 25.5 Å². The predicted octanol–water partition coefficient (Wildman–Crippen LogP) is 4.56. The number of alkyl halides is 1. The van der Waals surface area contributed by atoms with Gasteiger partial charge in [0.1, 0.15) is 4.83 Å². The Morgan fingerprint density at radius 3 is 2.67 bits per heavy atom. The van der Waals surface area contributed by atoms with Gasteiger partial charge in [-0.1, -0.05) is 36.4 Å². The van der Waals surface area contributed by atoms with Crippen LogP contribution in [0.25, 0.3) is 31.9 Å². The normalized spacial score (nSPS) is 12.5. The van der Waals surface area contributed by atoms with Gasteiger partial charge in [0.2, 0.25) is 9.04 Å². The van der Waals surface area contributed by atoms with E-state index in [4.69, 9.17) is 10.7 Å². The molecule has 0 bridgehead atoms. The van der Waals surface area contributed by atoms with Gasteiger partial charge in [0.25, 0.3) is 0 Å². The average Bonchev–Trinajstić information content (AvgIpc) is 3.35. The summed E-state index contributed by atoms with van der Waals surface area (Å²) in [6.45, 7) is -0.412. The zero-order valence-electron chi connectivity index (χ0n) is 14.6. The second-order valence-corrected chi connectivity index (χ2v) is 10.9. The van der Waals surface area contributed by atoms with E-state index < -0.39 is 15.7 Å². The maximum Gasteiger partial charge on any atom is 0.217 e. The van der Waals surface area contributed by atoms with E-state index in [1.165, 1.54) is 11.3 Å². The SMILES string of the molecule is Nc1c([SiH](O)CCCF)sc2nc(-c3cccs3)cc(-c3ccccc3)c12. The summed E-state index contributed by atoms with van der Waals surface area (Å²) in [6.07, 6.45) is 0.375. The monoisotopic (exact) mass is 414 g/mol. The van der Waals surface area contributed by atoms with Crippen LogP contribution in [0.3, 0.4) is 0 Å². The first-order valence-electron chi connectivity index (χ1n) is 8.75. The molecule has 138 valence electrons. The van der Waals surface area contributed by atoms with Crippen LogP contribution in [0.2, 0.25) is 6.04 Å². The van der Waals surface area contributed by atoms with Gasteiger partial charge >= 0.3 is 0 Å². The highest BCUT2D eigenvalue weighted by Crippen LogP contribution is 2.38. The Balaban J connectivity index is 1.93. The number of pyridine rings is 1. The quantitative estimate of drug-likeness (QED) is 0.455. The standard InChI is InChI=1S/C20H19FN2OS2Si/c21-9-5-11-27(24)20-18(22)17-14(13-6-2-1-3-7-13)12-15(23-19(17)26-20)16-8-4-10-25-16/h1-4,6-8,10,12,24,27H,5,9,11,22H2. The Bertz CT molecular complexity index is 1050. The highest BCUT2D eigenvalue weighted by atomic mass is 32.1. The molecule has 0 saturated heterocycles. The molecular weight excluding hydrogens is 395 g/mol. The van der Waals surface area contributed by atoms with Crippen molar-refractivity contribution in [2.24, 2.45) is 0 Å². The second kappa shape index (κ2) is 7.90. The van der Waals surface area contributed by atoms with Crippen LogP contribution in [0.4, 0.5) is 10.1 Å². The van der Waals surface area contributed by atoms with Gasteiger partial charge in [0.05, 0.1) is 22.9 Å². The van der Waals surface area contributed by atoms with Crippen molar-refractivity contribution >= 4 is 52.1 Å². The minimum Gasteiger partial charge on any atom is -0.429 e. The van der Waals surface area contributed by atoms with Gasteiger partial charge < -0.3 is 10.5 Å². The molecule has 0 fully saturated rings. The number of hydrogen-bond acceptors (Lipinski definition) is 5. The van der Waals surface area contributed by atoms with Gasteiger partial charge in [-0.3, -0.25) is 4.39 Å². The molecule has 3 N–H and O–H groups in total. The fourth-order valence-electron chi connectivity index (χ4n) is 3.18. The molecule has 27 heavy (non-hydrogen) atoms. The summed E-state index contributed by atoms with van der Waals surface area (Å²) in [5, 5.41) is 2.93. The largest absolute Gasteiger partial charge is 0.429 e. The average molecular weight is 415 g/mol. The van der Waals surface area contributed by atoms with Crippen molar-refractivity contribution in [3.05, 3.63) is 53.9 Å². The number of benzene rings is 1. The lowest BCUT2D eigenvalue weighted by Gasteiger charge is -2.09. The molecule has 4 aromatic rings. The smallest absolute Gasteiger partial charge is 0.217 e. The van der Waals surface area contributed by atoms with Crippen LogP contribution in [0.15, 0.2) is 53.9 Å². The molecule has 0 aliphatic rings. The summed E-state index contributed by atoms with van der Waals surface area (Å²) in [4.78, 5) is 17.4. The Kier molecular flexibility index (Phi) is 5.35. The molecule has 3 aromatic heterocycles. The Morgan fingerprint density at radius 2 is 1.96 bits per heavy atom. The minimum atomic E-state index is -2.27. The number of aromatic nitrogens is 1. The molecule has 1 unspecified atom stereocenters. The topological polar surface area (TPSA) is 59.1 Å². The van der Waals surface area contributed by atoms with E-state index in [1.807, 2.05) is 29.6 Å². The third-order valence-corrected chi connectivity index (χ3v) is 9.36. The van der Waals surface area contributed by atoms with Gasteiger partial charge in [-0.2, -0.15) is 0 Å². The predicted molar refractivity (Wildman–Crippen MR) is 117 cm³/mol. The Labute approximate surface area is 166 Å². The number of fused-ring (bicyclic) bond motifs is 1. The summed E-state index contributed by atoms with van der Waals surface area (Å²) in [7, 11) is -2.27. The zero-order valence-corrected chi connectivity index (χ0v) is 17.3. The molecular formula is C20H19FN2OS2Si. The van der Waals surface area contributed by atoms with Crippen molar-refractivity contribution in [1.82, 2.24) is 4.98 Å². The van der Waals surface area contributed by atoms with Crippen molar-refractivity contribution in [3.63, 3.8) is 0 Å². The lowest BCUT2D eigenvalue weighted by atomic mass is 10.0. The van der Waals surface area contributed by atoms with Crippen LogP contribution < -0.4 is 10.2 Å². The van der Waals surface area contributed by atoms with Crippen molar-refractivity contribution in [3.8, 4) is 21.7 Å². The van der Waals surface area contributed by atoms with Gasteiger partial charge in [-0.25, -0.2) is 4.98 Å². The molecule has 1 aromatic carbocycles. The van der Waals surface area contributed by atoms with Crippen LogP contribution in [0.5, 0.6) is 0 Å². The van der Waals surface area contributed by atoms with Gasteiger partial charge in [0.15, 0.2) is 0 Å². The highest BCUT2D eigenvalue weighted by molar-refractivity contribution is 7.29. The lowest BCUT2D eigenvalue weighted by molar-refractivity contribution is 0.478. The van der Waals surface area contributed by atoms with Gasteiger partial charge in [-0.15, -0.1) is 22.7 Å². The number of thiophene rings is 2.